The van der Waals surface area contributed by atoms with E-state index in [4.69, 9.17) is 0 Å². The number of rotatable bonds is 8. The van der Waals surface area contributed by atoms with Crippen LogP contribution in [0.2, 0.25) is 0 Å². The van der Waals surface area contributed by atoms with E-state index in [-0.39, 0.29) is 12.1 Å². The summed E-state index contributed by atoms with van der Waals surface area (Å²) in [4.78, 5) is 16.4. The van der Waals surface area contributed by atoms with Gasteiger partial charge in [0.1, 0.15) is 0 Å². The van der Waals surface area contributed by atoms with Crippen LogP contribution in [0.15, 0.2) is 0 Å². The van der Waals surface area contributed by atoms with Gasteiger partial charge in [-0.3, -0.25) is 0 Å². The van der Waals surface area contributed by atoms with Gasteiger partial charge in [-0.15, -0.1) is 0 Å². The Labute approximate surface area is 158 Å². The summed E-state index contributed by atoms with van der Waals surface area (Å²) in [6.07, 6.45) is 3.06. The normalized spacial score (nSPS) is 22.1. The number of nitrogens with zero attached hydrogens (tertiary/aromatic N) is 4. The molecule has 2 amide bonds. The van der Waals surface area contributed by atoms with E-state index < -0.39 is 10.2 Å². The van der Waals surface area contributed by atoms with Crippen molar-refractivity contribution < 1.29 is 13.2 Å². The second kappa shape index (κ2) is 9.34. The molecular formula is C17H35N5O3S. The van der Waals surface area contributed by atoms with Gasteiger partial charge in [0.2, 0.25) is 0 Å². The molecule has 0 radical (unpaired) electrons. The fourth-order valence-corrected chi connectivity index (χ4v) is 4.79. The molecule has 2 saturated heterocycles. The molecule has 0 aromatic carbocycles. The van der Waals surface area contributed by atoms with Gasteiger partial charge in [-0.25, -0.2) is 4.79 Å². The molecule has 0 aromatic rings. The average Bonchev–Trinajstić information content (AvgIpc) is 3.24. The Morgan fingerprint density at radius 1 is 1.19 bits per heavy atom. The van der Waals surface area contributed by atoms with Gasteiger partial charge in [0.05, 0.1) is 0 Å². The highest BCUT2D eigenvalue weighted by atomic mass is 32.2. The lowest BCUT2D eigenvalue weighted by atomic mass is 10.2. The van der Waals surface area contributed by atoms with Crippen molar-refractivity contribution in [2.75, 3.05) is 59.9 Å². The van der Waals surface area contributed by atoms with E-state index in [1.165, 1.54) is 17.1 Å². The van der Waals surface area contributed by atoms with Crippen molar-refractivity contribution in [2.45, 2.75) is 39.2 Å². The van der Waals surface area contributed by atoms with Crippen LogP contribution in [0.4, 0.5) is 4.79 Å². The number of hydrogen-bond donors (Lipinski definition) is 1. The van der Waals surface area contributed by atoms with Gasteiger partial charge in [0.15, 0.2) is 0 Å². The van der Waals surface area contributed by atoms with Gasteiger partial charge in [-0.05, 0) is 38.3 Å². The summed E-state index contributed by atoms with van der Waals surface area (Å²) < 4.78 is 28.5. The molecule has 0 aliphatic carbocycles. The molecule has 2 fully saturated rings. The molecule has 2 aliphatic heterocycles. The molecule has 0 saturated carbocycles. The maximum atomic E-state index is 12.8. The lowest BCUT2D eigenvalue weighted by Crippen LogP contribution is -2.50. The number of carbonyl (C=O) groups is 1. The van der Waals surface area contributed by atoms with Crippen LogP contribution in [0, 0.1) is 5.92 Å². The minimum Gasteiger partial charge on any atom is -0.338 e. The fraction of sp³-hybridized carbons (Fsp3) is 0.941. The van der Waals surface area contributed by atoms with Crippen molar-refractivity contribution in [1.82, 2.24) is 23.7 Å². The van der Waals surface area contributed by atoms with Gasteiger partial charge in [-0.1, -0.05) is 13.8 Å². The third kappa shape index (κ3) is 5.55. The Bertz CT molecular complexity index is 561. The highest BCUT2D eigenvalue weighted by Crippen LogP contribution is 2.21. The Balaban J connectivity index is 1.99. The molecule has 2 rings (SSSR count). The van der Waals surface area contributed by atoms with Crippen molar-refractivity contribution in [3.8, 4) is 0 Å². The first-order valence-electron chi connectivity index (χ1n) is 9.66. The molecule has 1 N–H and O–H groups in total. The molecule has 8 nitrogen and oxygen atoms in total. The van der Waals surface area contributed by atoms with E-state index in [0.29, 0.717) is 38.5 Å². The van der Waals surface area contributed by atoms with Crippen molar-refractivity contribution in [2.24, 2.45) is 5.92 Å². The summed E-state index contributed by atoms with van der Waals surface area (Å²) in [6.45, 7) is 9.11. The monoisotopic (exact) mass is 389 g/mol. The fourth-order valence-electron chi connectivity index (χ4n) is 3.51. The van der Waals surface area contributed by atoms with Crippen molar-refractivity contribution in [1.29, 1.82) is 0 Å². The van der Waals surface area contributed by atoms with Crippen molar-refractivity contribution in [3.05, 3.63) is 0 Å². The maximum absolute atomic E-state index is 12.8. The lowest BCUT2D eigenvalue weighted by molar-refractivity contribution is 0.201. The van der Waals surface area contributed by atoms with E-state index in [1.54, 1.807) is 23.3 Å². The second-order valence-corrected chi connectivity index (χ2v) is 10.0. The summed E-state index contributed by atoms with van der Waals surface area (Å²) in [5.74, 6) is 0.392. The molecule has 9 heteroatoms. The largest absolute Gasteiger partial charge is 0.338 e. The van der Waals surface area contributed by atoms with E-state index in [0.717, 1.165) is 19.6 Å². The first kappa shape index (κ1) is 21.4. The molecule has 0 spiro atoms. The zero-order chi connectivity index (χ0) is 19.3. The zero-order valence-corrected chi connectivity index (χ0v) is 17.5. The van der Waals surface area contributed by atoms with Crippen LogP contribution in [0.25, 0.3) is 0 Å². The predicted octanol–water partition coefficient (Wildman–Crippen LogP) is 0.631. The first-order chi connectivity index (χ1) is 12.2. The maximum Gasteiger partial charge on any atom is 0.317 e. The summed E-state index contributed by atoms with van der Waals surface area (Å²) in [5, 5.41) is 2.92. The molecule has 0 bridgehead atoms. The topological polar surface area (TPSA) is 76.2 Å². The Morgan fingerprint density at radius 2 is 1.85 bits per heavy atom. The zero-order valence-electron chi connectivity index (χ0n) is 16.6. The summed E-state index contributed by atoms with van der Waals surface area (Å²) in [7, 11) is -0.368. The van der Waals surface area contributed by atoms with E-state index in [9.17, 15) is 13.2 Å². The van der Waals surface area contributed by atoms with Crippen LogP contribution in [0.1, 0.15) is 33.1 Å². The summed E-state index contributed by atoms with van der Waals surface area (Å²) in [5.41, 5.74) is 0. The average molecular weight is 390 g/mol. The SMILES string of the molecule is CC(C)CNC(=O)N1CCC(N(CCN2CCCC2)S(=O)(=O)N(C)C)C1. The molecule has 1 unspecified atom stereocenters. The van der Waals surface area contributed by atoms with Gasteiger partial charge >= 0.3 is 6.03 Å². The van der Waals surface area contributed by atoms with Gasteiger partial charge in [-0.2, -0.15) is 17.0 Å². The molecule has 1 atom stereocenters. The number of likely N-dealkylation sites (tertiary alicyclic amines) is 2. The smallest absolute Gasteiger partial charge is 0.317 e. The van der Waals surface area contributed by atoms with Crippen LogP contribution >= 0.6 is 0 Å². The van der Waals surface area contributed by atoms with Crippen LogP contribution in [-0.2, 0) is 10.2 Å². The van der Waals surface area contributed by atoms with Crippen molar-refractivity contribution in [3.63, 3.8) is 0 Å². The highest BCUT2D eigenvalue weighted by molar-refractivity contribution is 7.86. The molecular weight excluding hydrogens is 354 g/mol. The van der Waals surface area contributed by atoms with Crippen LogP contribution < -0.4 is 5.32 Å². The Morgan fingerprint density at radius 3 is 2.42 bits per heavy atom. The van der Waals surface area contributed by atoms with Crippen LogP contribution in [-0.4, -0.2) is 98.8 Å². The number of hydrogen-bond acceptors (Lipinski definition) is 4. The summed E-state index contributed by atoms with van der Waals surface area (Å²) in [6, 6.07) is -0.252. The Kier molecular flexibility index (Phi) is 7.69. The molecule has 0 aromatic heterocycles. The first-order valence-corrected chi connectivity index (χ1v) is 11.1. The second-order valence-electron chi connectivity index (χ2n) is 7.92. The highest BCUT2D eigenvalue weighted by Gasteiger charge is 2.37. The Hall–Kier alpha value is -0.900. The number of carbonyl (C=O) groups excluding carboxylic acids is 1. The van der Waals surface area contributed by atoms with Gasteiger partial charge in [0.25, 0.3) is 10.2 Å². The molecule has 2 heterocycles. The number of urea groups is 1. The molecule has 26 heavy (non-hydrogen) atoms. The third-order valence-electron chi connectivity index (χ3n) is 5.11. The van der Waals surface area contributed by atoms with Crippen LogP contribution in [0.3, 0.4) is 0 Å². The van der Waals surface area contributed by atoms with E-state index in [2.05, 4.69) is 24.1 Å². The van der Waals surface area contributed by atoms with Crippen LogP contribution in [0.5, 0.6) is 0 Å². The van der Waals surface area contributed by atoms with Crippen molar-refractivity contribution >= 4 is 16.2 Å². The van der Waals surface area contributed by atoms with Gasteiger partial charge in [0, 0.05) is 52.9 Å². The third-order valence-corrected chi connectivity index (χ3v) is 7.11. The van der Waals surface area contributed by atoms with E-state index in [1.807, 2.05) is 0 Å². The standard InChI is InChI=1S/C17H35N5O3S/c1-15(2)13-18-17(23)21-10-7-16(14-21)22(26(24,25)19(3)4)12-11-20-8-5-6-9-20/h15-16H,5-14H2,1-4H3,(H,18,23). The van der Waals surface area contributed by atoms with Gasteiger partial charge < -0.3 is 15.1 Å². The minimum atomic E-state index is -3.51. The quantitative estimate of drug-likeness (QED) is 0.661. The number of nitrogens with one attached hydrogen (secondary N) is 1. The molecule has 152 valence electrons. The predicted molar refractivity (Wildman–Crippen MR) is 103 cm³/mol. The minimum absolute atomic E-state index is 0.0945. The summed E-state index contributed by atoms with van der Waals surface area (Å²) >= 11 is 0. The lowest BCUT2D eigenvalue weighted by Gasteiger charge is -2.32. The van der Waals surface area contributed by atoms with E-state index >= 15 is 0 Å². The number of amides is 2. The molecule has 2 aliphatic rings.